The van der Waals surface area contributed by atoms with Gasteiger partial charge in [0.15, 0.2) is 0 Å². The molecule has 1 aliphatic heterocycles. The topological polar surface area (TPSA) is 65.1 Å². The van der Waals surface area contributed by atoms with Gasteiger partial charge in [0.2, 0.25) is 5.82 Å². The van der Waals surface area contributed by atoms with Gasteiger partial charge in [-0.05, 0) is 20.0 Å². The van der Waals surface area contributed by atoms with Crippen molar-refractivity contribution >= 4 is 5.91 Å². The van der Waals surface area contributed by atoms with E-state index in [1.807, 2.05) is 4.90 Å². The maximum atomic E-state index is 11.9. The summed E-state index contributed by atoms with van der Waals surface area (Å²) in [6.45, 7) is 3.51. The van der Waals surface area contributed by atoms with Gasteiger partial charge in [0, 0.05) is 19.6 Å². The molecule has 6 heteroatoms. The lowest BCUT2D eigenvalue weighted by atomic mass is 10.3. The molecule has 0 radical (unpaired) electrons. The van der Waals surface area contributed by atoms with Crippen molar-refractivity contribution in [1.29, 1.82) is 0 Å². The third-order valence-electron chi connectivity index (χ3n) is 2.62. The van der Waals surface area contributed by atoms with E-state index in [1.54, 1.807) is 0 Å². The van der Waals surface area contributed by atoms with Crippen LogP contribution in [0, 0.1) is 0 Å². The highest BCUT2D eigenvalue weighted by atomic mass is 16.2. The predicted molar refractivity (Wildman–Crippen MR) is 54.4 cm³/mol. The summed E-state index contributed by atoms with van der Waals surface area (Å²) in [5.74, 6) is 0.280. The molecule has 0 aromatic carbocycles. The summed E-state index contributed by atoms with van der Waals surface area (Å²) >= 11 is 0. The van der Waals surface area contributed by atoms with Crippen LogP contribution in [-0.4, -0.2) is 64.1 Å². The molecule has 2 rings (SSSR count). The molecule has 0 spiro atoms. The van der Waals surface area contributed by atoms with Gasteiger partial charge < -0.3 is 9.80 Å². The lowest BCUT2D eigenvalue weighted by molar-refractivity contribution is 0.0751. The summed E-state index contributed by atoms with van der Waals surface area (Å²) in [6.07, 6.45) is 2.37. The molecule has 0 aliphatic carbocycles. The number of rotatable bonds is 1. The molecule has 1 N–H and O–H groups in total. The zero-order valence-electron chi connectivity index (χ0n) is 8.81. The van der Waals surface area contributed by atoms with E-state index in [0.717, 1.165) is 32.6 Å². The van der Waals surface area contributed by atoms with Gasteiger partial charge in [-0.1, -0.05) is 0 Å². The monoisotopic (exact) mass is 209 g/mol. The van der Waals surface area contributed by atoms with E-state index in [0.29, 0.717) is 5.82 Å². The minimum Gasteiger partial charge on any atom is -0.335 e. The fraction of sp³-hybridized carbons (Fsp3) is 0.667. The Bertz CT molecular complexity index is 323. The van der Waals surface area contributed by atoms with Crippen molar-refractivity contribution in [3.63, 3.8) is 0 Å². The maximum Gasteiger partial charge on any atom is 0.291 e. The van der Waals surface area contributed by atoms with E-state index in [4.69, 9.17) is 0 Å². The summed E-state index contributed by atoms with van der Waals surface area (Å²) in [5, 5.41) is 6.28. The largest absolute Gasteiger partial charge is 0.335 e. The van der Waals surface area contributed by atoms with Gasteiger partial charge in [-0.15, -0.1) is 0 Å². The maximum absolute atomic E-state index is 11.9. The van der Waals surface area contributed by atoms with Crippen LogP contribution >= 0.6 is 0 Å². The molecule has 0 atom stereocenters. The molecule has 6 nitrogen and oxygen atoms in total. The molecule has 1 amide bonds. The van der Waals surface area contributed by atoms with Crippen molar-refractivity contribution in [2.45, 2.75) is 6.42 Å². The Hall–Kier alpha value is -1.43. The van der Waals surface area contributed by atoms with Crippen LogP contribution in [0.5, 0.6) is 0 Å². The second-order valence-electron chi connectivity index (χ2n) is 3.78. The Balaban J connectivity index is 2.01. The predicted octanol–water partition coefficient (Wildman–Crippen LogP) is -0.418. The summed E-state index contributed by atoms with van der Waals surface area (Å²) in [5.41, 5.74) is 0. The number of nitrogens with zero attached hydrogens (tertiary/aromatic N) is 4. The number of likely N-dealkylation sites (N-methyl/N-ethyl adjacent to an activating group) is 1. The summed E-state index contributed by atoms with van der Waals surface area (Å²) in [7, 11) is 2.07. The average Bonchev–Trinajstić information content (AvgIpc) is 2.67. The van der Waals surface area contributed by atoms with Crippen LogP contribution in [0.4, 0.5) is 0 Å². The van der Waals surface area contributed by atoms with Crippen LogP contribution in [0.15, 0.2) is 6.33 Å². The van der Waals surface area contributed by atoms with Crippen LogP contribution in [-0.2, 0) is 0 Å². The molecule has 0 bridgehead atoms. The smallest absolute Gasteiger partial charge is 0.291 e. The Morgan fingerprint density at radius 1 is 1.40 bits per heavy atom. The second-order valence-corrected chi connectivity index (χ2v) is 3.78. The number of aromatic nitrogens is 3. The van der Waals surface area contributed by atoms with Crippen molar-refractivity contribution in [1.82, 2.24) is 25.0 Å². The van der Waals surface area contributed by atoms with Crippen molar-refractivity contribution in [3.8, 4) is 0 Å². The normalized spacial score (nSPS) is 18.9. The van der Waals surface area contributed by atoms with Crippen LogP contribution in [0.25, 0.3) is 0 Å². The molecule has 15 heavy (non-hydrogen) atoms. The van der Waals surface area contributed by atoms with Gasteiger partial charge in [-0.2, -0.15) is 5.10 Å². The lowest BCUT2D eigenvalue weighted by Crippen LogP contribution is -2.35. The number of H-pyrrole nitrogens is 1. The summed E-state index contributed by atoms with van der Waals surface area (Å²) in [4.78, 5) is 19.8. The fourth-order valence-electron chi connectivity index (χ4n) is 1.71. The Morgan fingerprint density at radius 2 is 2.27 bits per heavy atom. The first-order valence-electron chi connectivity index (χ1n) is 5.10. The van der Waals surface area contributed by atoms with E-state index in [9.17, 15) is 4.79 Å². The van der Waals surface area contributed by atoms with E-state index in [-0.39, 0.29) is 5.91 Å². The van der Waals surface area contributed by atoms with Gasteiger partial charge in [-0.25, -0.2) is 4.98 Å². The van der Waals surface area contributed by atoms with Gasteiger partial charge in [0.1, 0.15) is 6.33 Å². The highest BCUT2D eigenvalue weighted by molar-refractivity contribution is 5.90. The number of carbonyl (C=O) groups excluding carboxylic acids is 1. The Morgan fingerprint density at radius 3 is 3.00 bits per heavy atom. The van der Waals surface area contributed by atoms with Crippen LogP contribution in [0.2, 0.25) is 0 Å². The fourth-order valence-corrected chi connectivity index (χ4v) is 1.71. The quantitative estimate of drug-likeness (QED) is 0.682. The van der Waals surface area contributed by atoms with Crippen molar-refractivity contribution in [3.05, 3.63) is 12.2 Å². The zero-order valence-corrected chi connectivity index (χ0v) is 8.81. The van der Waals surface area contributed by atoms with Crippen molar-refractivity contribution in [2.75, 3.05) is 33.2 Å². The van der Waals surface area contributed by atoms with Crippen LogP contribution in [0.1, 0.15) is 17.0 Å². The van der Waals surface area contributed by atoms with Crippen LogP contribution < -0.4 is 0 Å². The zero-order chi connectivity index (χ0) is 10.7. The molecule has 1 aromatic heterocycles. The number of carbonyl (C=O) groups is 1. The number of amides is 1. The molecular formula is C9H15N5O. The van der Waals surface area contributed by atoms with Gasteiger partial charge in [0.25, 0.3) is 5.91 Å². The summed E-state index contributed by atoms with van der Waals surface area (Å²) in [6, 6.07) is 0. The molecule has 1 saturated heterocycles. The first-order valence-corrected chi connectivity index (χ1v) is 5.10. The lowest BCUT2D eigenvalue weighted by Gasteiger charge is -2.18. The van der Waals surface area contributed by atoms with E-state index in [2.05, 4.69) is 27.1 Å². The van der Waals surface area contributed by atoms with E-state index >= 15 is 0 Å². The van der Waals surface area contributed by atoms with Gasteiger partial charge in [0.05, 0.1) is 0 Å². The Kier molecular flexibility index (Phi) is 2.96. The minimum absolute atomic E-state index is 0.0530. The Labute approximate surface area is 88.3 Å². The standard InChI is InChI=1S/C9H15N5O/c1-13-3-2-4-14(6-5-13)9(15)8-10-7-11-12-8/h7H,2-6H2,1H3,(H,10,11,12). The molecule has 1 fully saturated rings. The average molecular weight is 209 g/mol. The van der Waals surface area contributed by atoms with E-state index < -0.39 is 0 Å². The molecule has 0 saturated carbocycles. The van der Waals surface area contributed by atoms with Crippen LogP contribution in [0.3, 0.4) is 0 Å². The first-order chi connectivity index (χ1) is 7.27. The van der Waals surface area contributed by atoms with Gasteiger partial charge in [-0.3, -0.25) is 9.89 Å². The molecule has 2 heterocycles. The highest BCUT2D eigenvalue weighted by Gasteiger charge is 2.20. The van der Waals surface area contributed by atoms with Crippen molar-refractivity contribution in [2.24, 2.45) is 0 Å². The number of aromatic amines is 1. The molecule has 1 aliphatic rings. The minimum atomic E-state index is -0.0530. The number of hydrogen-bond donors (Lipinski definition) is 1. The molecule has 1 aromatic rings. The highest BCUT2D eigenvalue weighted by Crippen LogP contribution is 2.04. The van der Waals surface area contributed by atoms with Crippen molar-refractivity contribution < 1.29 is 4.79 Å². The number of nitrogens with one attached hydrogen (secondary N) is 1. The second kappa shape index (κ2) is 4.39. The van der Waals surface area contributed by atoms with E-state index in [1.165, 1.54) is 6.33 Å². The van der Waals surface area contributed by atoms with Gasteiger partial charge >= 0.3 is 0 Å². The third-order valence-corrected chi connectivity index (χ3v) is 2.62. The third kappa shape index (κ3) is 2.33. The molecule has 0 unspecified atom stereocenters. The SMILES string of the molecule is CN1CCCN(C(=O)c2ncn[nH]2)CC1. The number of hydrogen-bond acceptors (Lipinski definition) is 4. The molecule has 82 valence electrons. The molecular weight excluding hydrogens is 194 g/mol. The summed E-state index contributed by atoms with van der Waals surface area (Å²) < 4.78 is 0. The first kappa shape index (κ1) is 10.1.